The van der Waals surface area contributed by atoms with Crippen LogP contribution < -0.4 is 5.32 Å². The number of halogens is 2. The first-order chi connectivity index (χ1) is 9.65. The van der Waals surface area contributed by atoms with Crippen molar-refractivity contribution >= 4 is 0 Å². The Morgan fingerprint density at radius 3 is 2.50 bits per heavy atom. The Labute approximate surface area is 119 Å². The van der Waals surface area contributed by atoms with Crippen molar-refractivity contribution in [1.82, 2.24) is 10.2 Å². The monoisotopic (exact) mass is 280 g/mol. The highest BCUT2D eigenvalue weighted by molar-refractivity contribution is 5.18. The lowest BCUT2D eigenvalue weighted by Crippen LogP contribution is -2.59. The minimum atomic E-state index is -0.479. The summed E-state index contributed by atoms with van der Waals surface area (Å²) in [6.45, 7) is 4.01. The zero-order chi connectivity index (χ0) is 14.0. The van der Waals surface area contributed by atoms with Crippen LogP contribution in [0.4, 0.5) is 8.78 Å². The quantitative estimate of drug-likeness (QED) is 0.916. The van der Waals surface area contributed by atoms with Gasteiger partial charge in [-0.05, 0) is 37.0 Å². The fraction of sp³-hybridized carbons (Fsp3) is 0.625. The minimum absolute atomic E-state index is 0.311. The summed E-state index contributed by atoms with van der Waals surface area (Å²) in [6.07, 6.45) is 5.87. The highest BCUT2D eigenvalue weighted by atomic mass is 19.1. The van der Waals surface area contributed by atoms with Crippen LogP contribution in [0.5, 0.6) is 0 Å². The third kappa shape index (κ3) is 3.18. The molecule has 1 aromatic rings. The predicted octanol–water partition coefficient (Wildman–Crippen LogP) is 2.73. The third-order valence-electron chi connectivity index (χ3n) is 4.65. The number of benzene rings is 1. The molecule has 20 heavy (non-hydrogen) atoms. The van der Waals surface area contributed by atoms with E-state index in [0.29, 0.717) is 12.0 Å². The van der Waals surface area contributed by atoms with E-state index in [4.69, 9.17) is 0 Å². The van der Waals surface area contributed by atoms with Crippen molar-refractivity contribution in [2.45, 2.75) is 37.6 Å². The van der Waals surface area contributed by atoms with Gasteiger partial charge in [0.25, 0.3) is 0 Å². The fourth-order valence-electron chi connectivity index (χ4n) is 3.66. The van der Waals surface area contributed by atoms with Crippen molar-refractivity contribution in [3.63, 3.8) is 0 Å². The predicted molar refractivity (Wildman–Crippen MR) is 75.7 cm³/mol. The molecule has 0 amide bonds. The summed E-state index contributed by atoms with van der Waals surface area (Å²) in [5.41, 5.74) is 1.06. The van der Waals surface area contributed by atoms with Gasteiger partial charge in [0.1, 0.15) is 11.6 Å². The van der Waals surface area contributed by atoms with Crippen LogP contribution in [0.15, 0.2) is 18.2 Å². The molecule has 3 rings (SSSR count). The van der Waals surface area contributed by atoms with Crippen LogP contribution in [0.25, 0.3) is 0 Å². The molecule has 0 bridgehead atoms. The summed E-state index contributed by atoms with van der Waals surface area (Å²) in [7, 11) is 0. The average Bonchev–Trinajstić information content (AvgIpc) is 2.83. The molecular weight excluding hydrogens is 258 g/mol. The molecule has 1 N–H and O–H groups in total. The Kier molecular flexibility index (Phi) is 4.03. The number of piperazine rings is 1. The summed E-state index contributed by atoms with van der Waals surface area (Å²) in [4.78, 5) is 2.44. The van der Waals surface area contributed by atoms with E-state index in [2.05, 4.69) is 10.2 Å². The van der Waals surface area contributed by atoms with Crippen molar-refractivity contribution in [2.75, 3.05) is 26.2 Å². The molecule has 1 aliphatic heterocycles. The van der Waals surface area contributed by atoms with E-state index < -0.39 is 11.6 Å². The lowest BCUT2D eigenvalue weighted by atomic mass is 9.94. The molecule has 2 fully saturated rings. The SMILES string of the molecule is Fc1cc(F)cc(CCN2CCNC3(CCCC3)C2)c1. The van der Waals surface area contributed by atoms with E-state index in [-0.39, 0.29) is 0 Å². The molecule has 1 heterocycles. The van der Waals surface area contributed by atoms with Crippen LogP contribution in [-0.2, 0) is 6.42 Å². The standard InChI is InChI=1S/C16H22F2N2/c17-14-9-13(10-15(18)11-14)3-7-20-8-6-19-16(12-20)4-1-2-5-16/h9-11,19H,1-8,12H2. The van der Waals surface area contributed by atoms with E-state index >= 15 is 0 Å². The van der Waals surface area contributed by atoms with Crippen molar-refractivity contribution in [2.24, 2.45) is 0 Å². The second-order valence-electron chi connectivity index (χ2n) is 6.22. The van der Waals surface area contributed by atoms with Crippen molar-refractivity contribution in [3.05, 3.63) is 35.4 Å². The molecule has 1 spiro atoms. The highest BCUT2D eigenvalue weighted by Gasteiger charge is 2.37. The molecule has 0 aromatic heterocycles. The van der Waals surface area contributed by atoms with Crippen LogP contribution in [0.1, 0.15) is 31.2 Å². The first-order valence-corrected chi connectivity index (χ1v) is 7.58. The van der Waals surface area contributed by atoms with Crippen LogP contribution >= 0.6 is 0 Å². The van der Waals surface area contributed by atoms with E-state index in [1.54, 1.807) is 0 Å². The van der Waals surface area contributed by atoms with Gasteiger partial charge in [-0.3, -0.25) is 4.90 Å². The molecule has 1 saturated heterocycles. The van der Waals surface area contributed by atoms with Crippen molar-refractivity contribution in [1.29, 1.82) is 0 Å². The Bertz CT molecular complexity index is 449. The molecule has 0 unspecified atom stereocenters. The first kappa shape index (κ1) is 14.0. The molecule has 2 aliphatic rings. The lowest BCUT2D eigenvalue weighted by molar-refractivity contribution is 0.136. The minimum Gasteiger partial charge on any atom is -0.309 e. The first-order valence-electron chi connectivity index (χ1n) is 7.58. The molecule has 1 aromatic carbocycles. The maximum Gasteiger partial charge on any atom is 0.126 e. The van der Waals surface area contributed by atoms with Gasteiger partial charge >= 0.3 is 0 Å². The molecule has 4 heteroatoms. The van der Waals surface area contributed by atoms with Gasteiger partial charge in [0.05, 0.1) is 0 Å². The second kappa shape index (κ2) is 5.78. The Morgan fingerprint density at radius 1 is 1.10 bits per heavy atom. The number of hydrogen-bond donors (Lipinski definition) is 1. The molecular formula is C16H22F2N2. The van der Waals surface area contributed by atoms with Gasteiger partial charge < -0.3 is 5.32 Å². The number of nitrogens with one attached hydrogen (secondary N) is 1. The van der Waals surface area contributed by atoms with Crippen molar-refractivity contribution in [3.8, 4) is 0 Å². The van der Waals surface area contributed by atoms with Gasteiger partial charge in [-0.25, -0.2) is 8.78 Å². The molecule has 110 valence electrons. The van der Waals surface area contributed by atoms with Crippen LogP contribution in [0.3, 0.4) is 0 Å². The number of hydrogen-bond acceptors (Lipinski definition) is 2. The summed E-state index contributed by atoms with van der Waals surface area (Å²) in [5.74, 6) is -0.958. The van der Waals surface area contributed by atoms with Gasteiger partial charge in [-0.2, -0.15) is 0 Å². The molecule has 1 saturated carbocycles. The maximum absolute atomic E-state index is 13.2. The maximum atomic E-state index is 13.2. The van der Waals surface area contributed by atoms with E-state index in [1.807, 2.05) is 0 Å². The largest absolute Gasteiger partial charge is 0.309 e. The smallest absolute Gasteiger partial charge is 0.126 e. The summed E-state index contributed by atoms with van der Waals surface area (Å²) < 4.78 is 26.3. The second-order valence-corrected chi connectivity index (χ2v) is 6.22. The Morgan fingerprint density at radius 2 is 1.80 bits per heavy atom. The molecule has 2 nitrogen and oxygen atoms in total. The van der Waals surface area contributed by atoms with Gasteiger partial charge in [-0.1, -0.05) is 12.8 Å². The van der Waals surface area contributed by atoms with E-state index in [0.717, 1.165) is 37.8 Å². The highest BCUT2D eigenvalue weighted by Crippen LogP contribution is 2.31. The third-order valence-corrected chi connectivity index (χ3v) is 4.65. The zero-order valence-corrected chi connectivity index (χ0v) is 11.8. The van der Waals surface area contributed by atoms with E-state index in [9.17, 15) is 8.78 Å². The molecule has 1 aliphatic carbocycles. The van der Waals surface area contributed by atoms with Gasteiger partial charge in [-0.15, -0.1) is 0 Å². The normalized spacial score (nSPS) is 22.5. The van der Waals surface area contributed by atoms with Crippen LogP contribution in [-0.4, -0.2) is 36.6 Å². The topological polar surface area (TPSA) is 15.3 Å². The summed E-state index contributed by atoms with van der Waals surface area (Å²) in [5, 5.41) is 3.68. The zero-order valence-electron chi connectivity index (χ0n) is 11.8. The van der Waals surface area contributed by atoms with Gasteiger partial charge in [0.15, 0.2) is 0 Å². The molecule has 0 radical (unpaired) electrons. The number of rotatable bonds is 3. The van der Waals surface area contributed by atoms with Crippen LogP contribution in [0.2, 0.25) is 0 Å². The fourth-order valence-corrected chi connectivity index (χ4v) is 3.66. The van der Waals surface area contributed by atoms with Gasteiger partial charge in [0.2, 0.25) is 0 Å². The Hall–Kier alpha value is -1.00. The average molecular weight is 280 g/mol. The van der Waals surface area contributed by atoms with Gasteiger partial charge in [0, 0.05) is 37.8 Å². The summed E-state index contributed by atoms with van der Waals surface area (Å²) >= 11 is 0. The van der Waals surface area contributed by atoms with Crippen molar-refractivity contribution < 1.29 is 8.78 Å². The lowest BCUT2D eigenvalue weighted by Gasteiger charge is -2.41. The Balaban J connectivity index is 1.57. The molecule has 0 atom stereocenters. The van der Waals surface area contributed by atoms with Crippen LogP contribution in [0, 0.1) is 11.6 Å². The summed E-state index contributed by atoms with van der Waals surface area (Å²) in [6, 6.07) is 3.81. The van der Waals surface area contributed by atoms with E-state index in [1.165, 1.54) is 37.8 Å². The number of nitrogens with zero attached hydrogens (tertiary/aromatic N) is 1.